The number of halogens is 1. The highest BCUT2D eigenvalue weighted by Gasteiger charge is 2.25. The molecule has 0 atom stereocenters. The molecular formula is C28H34ClN5O4. The molecule has 0 unspecified atom stereocenters. The summed E-state index contributed by atoms with van der Waals surface area (Å²) in [6.45, 7) is 6.80. The average molecular weight is 540 g/mol. The van der Waals surface area contributed by atoms with Crippen LogP contribution < -0.4 is 10.1 Å². The molecule has 9 nitrogen and oxygen atoms in total. The van der Waals surface area contributed by atoms with E-state index in [9.17, 15) is 9.59 Å². The van der Waals surface area contributed by atoms with Gasteiger partial charge in [-0.15, -0.1) is 0 Å². The van der Waals surface area contributed by atoms with Gasteiger partial charge in [-0.2, -0.15) is 5.10 Å². The lowest BCUT2D eigenvalue weighted by molar-refractivity contribution is 0.0383. The van der Waals surface area contributed by atoms with E-state index in [4.69, 9.17) is 26.2 Å². The van der Waals surface area contributed by atoms with Crippen molar-refractivity contribution >= 4 is 34.3 Å². The number of hydrogen-bond acceptors (Lipinski definition) is 6. The molecule has 2 fully saturated rings. The van der Waals surface area contributed by atoms with Gasteiger partial charge in [0.2, 0.25) is 0 Å². The number of piperidine rings is 1. The quantitative estimate of drug-likeness (QED) is 0.472. The lowest BCUT2D eigenvalue weighted by Crippen LogP contribution is -2.41. The van der Waals surface area contributed by atoms with Crippen LogP contribution in [0.15, 0.2) is 42.6 Å². The van der Waals surface area contributed by atoms with Gasteiger partial charge in [0.15, 0.2) is 0 Å². The smallest absolute Gasteiger partial charge is 0.255 e. The maximum absolute atomic E-state index is 12.9. The van der Waals surface area contributed by atoms with Crippen LogP contribution in [0.3, 0.4) is 0 Å². The second kappa shape index (κ2) is 12.1. The molecule has 0 bridgehead atoms. The third-order valence-electron chi connectivity index (χ3n) is 7.39. The third-order valence-corrected chi connectivity index (χ3v) is 7.64. The zero-order chi connectivity index (χ0) is 26.5. The molecule has 2 aliphatic rings. The van der Waals surface area contributed by atoms with Crippen LogP contribution in [0.2, 0.25) is 5.02 Å². The molecule has 2 aliphatic heterocycles. The van der Waals surface area contributed by atoms with Crippen molar-refractivity contribution in [3.8, 4) is 5.75 Å². The number of nitrogens with one attached hydrogen (secondary N) is 1. The van der Waals surface area contributed by atoms with Crippen molar-refractivity contribution in [1.29, 1.82) is 0 Å². The number of nitrogens with zero attached hydrogens (tertiary/aromatic N) is 4. The van der Waals surface area contributed by atoms with Crippen LogP contribution in [0.1, 0.15) is 33.6 Å². The molecule has 3 heterocycles. The second-order valence-electron chi connectivity index (χ2n) is 9.88. The highest BCUT2D eigenvalue weighted by molar-refractivity contribution is 6.30. The normalized spacial score (nSPS) is 17.1. The number of methoxy groups -OCH3 is 1. The number of rotatable bonds is 8. The van der Waals surface area contributed by atoms with Crippen molar-refractivity contribution in [2.45, 2.75) is 19.4 Å². The van der Waals surface area contributed by atoms with Crippen LogP contribution in [0.5, 0.6) is 5.75 Å². The summed E-state index contributed by atoms with van der Waals surface area (Å²) in [7, 11) is 1.59. The molecule has 38 heavy (non-hydrogen) atoms. The Bertz CT molecular complexity index is 1260. The van der Waals surface area contributed by atoms with Gasteiger partial charge in [-0.1, -0.05) is 11.6 Å². The largest absolute Gasteiger partial charge is 0.495 e. The summed E-state index contributed by atoms with van der Waals surface area (Å²) in [5.41, 5.74) is 1.97. The SMILES string of the molecule is COc1c(C(=O)NCCN2CCOCC2)ccc2nn(CC3CCN(C(=O)c4ccc(Cl)cc4)CC3)cc12. The van der Waals surface area contributed by atoms with Gasteiger partial charge in [0.05, 0.1) is 36.8 Å². The fourth-order valence-corrected chi connectivity index (χ4v) is 5.34. The third kappa shape index (κ3) is 6.11. The van der Waals surface area contributed by atoms with E-state index in [1.54, 1.807) is 37.4 Å². The molecule has 0 saturated carbocycles. The number of hydrogen-bond donors (Lipinski definition) is 1. The standard InChI is InChI=1S/C28H34ClN5O4/c1-37-26-23(27(35)30-10-13-32-14-16-38-17-15-32)6-7-25-24(26)19-34(31-25)18-20-8-11-33(12-9-20)28(36)21-2-4-22(29)5-3-21/h2-7,19-20H,8-18H2,1H3,(H,30,35). The highest BCUT2D eigenvalue weighted by Crippen LogP contribution is 2.30. The summed E-state index contributed by atoms with van der Waals surface area (Å²) in [5, 5.41) is 9.21. The van der Waals surface area contributed by atoms with E-state index in [0.29, 0.717) is 47.5 Å². The van der Waals surface area contributed by atoms with Crippen molar-refractivity contribution < 1.29 is 19.1 Å². The fourth-order valence-electron chi connectivity index (χ4n) is 5.22. The summed E-state index contributed by atoms with van der Waals surface area (Å²) >= 11 is 5.95. The number of morpholine rings is 1. The number of carbonyl (C=O) groups excluding carboxylic acids is 2. The molecule has 0 radical (unpaired) electrons. The monoisotopic (exact) mass is 539 g/mol. The Kier molecular flexibility index (Phi) is 8.46. The van der Waals surface area contributed by atoms with Gasteiger partial charge in [-0.25, -0.2) is 0 Å². The Labute approximate surface area is 227 Å². The van der Waals surface area contributed by atoms with Gasteiger partial charge in [0.25, 0.3) is 11.8 Å². The summed E-state index contributed by atoms with van der Waals surface area (Å²) in [6, 6.07) is 10.7. The molecule has 1 N–H and O–H groups in total. The Morgan fingerprint density at radius 2 is 1.82 bits per heavy atom. The van der Waals surface area contributed by atoms with E-state index in [0.717, 1.165) is 63.1 Å². The number of carbonyl (C=O) groups is 2. The van der Waals surface area contributed by atoms with Crippen molar-refractivity contribution in [2.24, 2.45) is 5.92 Å². The molecule has 1 aromatic heterocycles. The first-order valence-electron chi connectivity index (χ1n) is 13.2. The lowest BCUT2D eigenvalue weighted by Gasteiger charge is -2.32. The summed E-state index contributed by atoms with van der Waals surface area (Å²) in [4.78, 5) is 29.9. The number of benzene rings is 2. The van der Waals surface area contributed by atoms with Crippen molar-refractivity contribution in [3.05, 3.63) is 58.7 Å². The van der Waals surface area contributed by atoms with Crippen LogP contribution in [0.4, 0.5) is 0 Å². The first-order valence-corrected chi connectivity index (χ1v) is 13.6. The minimum atomic E-state index is -0.150. The number of ether oxygens (including phenoxy) is 2. The second-order valence-corrected chi connectivity index (χ2v) is 10.3. The fraction of sp³-hybridized carbons (Fsp3) is 0.464. The van der Waals surface area contributed by atoms with Crippen LogP contribution in [0.25, 0.3) is 10.9 Å². The Balaban J connectivity index is 1.18. The van der Waals surface area contributed by atoms with Gasteiger partial charge in [-0.05, 0) is 55.2 Å². The molecule has 202 valence electrons. The summed E-state index contributed by atoms with van der Waals surface area (Å²) < 4.78 is 13.0. The summed E-state index contributed by atoms with van der Waals surface area (Å²) in [5.74, 6) is 0.849. The molecule has 2 aromatic carbocycles. The Hall–Kier alpha value is -3.14. The number of amides is 2. The minimum absolute atomic E-state index is 0.0467. The van der Waals surface area contributed by atoms with Gasteiger partial charge < -0.3 is 19.7 Å². The van der Waals surface area contributed by atoms with Gasteiger partial charge >= 0.3 is 0 Å². The maximum Gasteiger partial charge on any atom is 0.255 e. The van der Waals surface area contributed by atoms with Crippen molar-refractivity contribution in [2.75, 3.05) is 59.6 Å². The van der Waals surface area contributed by atoms with E-state index in [1.165, 1.54) is 0 Å². The van der Waals surface area contributed by atoms with E-state index in [-0.39, 0.29) is 11.8 Å². The highest BCUT2D eigenvalue weighted by atomic mass is 35.5. The zero-order valence-corrected chi connectivity index (χ0v) is 22.5. The first-order chi connectivity index (χ1) is 18.5. The van der Waals surface area contributed by atoms with E-state index in [1.807, 2.05) is 21.8 Å². The minimum Gasteiger partial charge on any atom is -0.495 e. The molecule has 2 amide bonds. The van der Waals surface area contributed by atoms with Gasteiger partial charge in [0, 0.05) is 62.6 Å². The number of likely N-dealkylation sites (tertiary alicyclic amines) is 1. The number of aromatic nitrogens is 2. The molecule has 10 heteroatoms. The predicted octanol–water partition coefficient (Wildman–Crippen LogP) is 3.31. The van der Waals surface area contributed by atoms with E-state index < -0.39 is 0 Å². The predicted molar refractivity (Wildman–Crippen MR) is 146 cm³/mol. The molecule has 3 aromatic rings. The molecular weight excluding hydrogens is 506 g/mol. The van der Waals surface area contributed by atoms with E-state index >= 15 is 0 Å². The average Bonchev–Trinajstić information content (AvgIpc) is 3.36. The van der Waals surface area contributed by atoms with Crippen LogP contribution >= 0.6 is 11.6 Å². The van der Waals surface area contributed by atoms with E-state index in [2.05, 4.69) is 10.2 Å². The summed E-state index contributed by atoms with van der Waals surface area (Å²) in [6.07, 6.45) is 3.77. The zero-order valence-electron chi connectivity index (χ0n) is 21.7. The lowest BCUT2D eigenvalue weighted by atomic mass is 9.96. The number of fused-ring (bicyclic) bond motifs is 1. The molecule has 0 spiro atoms. The molecule has 5 rings (SSSR count). The van der Waals surface area contributed by atoms with Gasteiger partial charge in [-0.3, -0.25) is 19.2 Å². The first kappa shape index (κ1) is 26.5. The van der Waals surface area contributed by atoms with Gasteiger partial charge in [0.1, 0.15) is 5.75 Å². The van der Waals surface area contributed by atoms with Crippen LogP contribution in [-0.4, -0.2) is 91.0 Å². The Morgan fingerprint density at radius 1 is 1.08 bits per heavy atom. The topological polar surface area (TPSA) is 88.9 Å². The van der Waals surface area contributed by atoms with Crippen molar-refractivity contribution in [3.63, 3.8) is 0 Å². The molecule has 0 aliphatic carbocycles. The maximum atomic E-state index is 12.9. The van der Waals surface area contributed by atoms with Crippen LogP contribution in [0, 0.1) is 5.92 Å². The van der Waals surface area contributed by atoms with Crippen LogP contribution in [-0.2, 0) is 11.3 Å². The van der Waals surface area contributed by atoms with Crippen molar-refractivity contribution in [1.82, 2.24) is 24.9 Å². The Morgan fingerprint density at radius 3 is 2.53 bits per heavy atom. The molecule has 2 saturated heterocycles.